The zero-order chi connectivity index (χ0) is 14.4. The first-order valence-electron chi connectivity index (χ1n) is 5.16. The molecule has 0 bridgehead atoms. The predicted octanol–water partition coefficient (Wildman–Crippen LogP) is -2.75. The van der Waals surface area contributed by atoms with Gasteiger partial charge in [0.1, 0.15) is 18.2 Å². The van der Waals surface area contributed by atoms with Crippen molar-refractivity contribution >= 4 is 11.8 Å². The number of aryl methyl sites for hydroxylation is 1. The number of anilines is 1. The Morgan fingerprint density at radius 2 is 2.00 bits per heavy atom. The fourth-order valence-electron chi connectivity index (χ4n) is 1.77. The zero-order valence-corrected chi connectivity index (χ0v) is 9.79. The average molecular weight is 272 g/mol. The minimum atomic E-state index is -3.71. The highest BCUT2D eigenvalue weighted by Crippen LogP contribution is 2.29. The molecule has 1 fully saturated rings. The maximum absolute atomic E-state index is 11.9. The number of nitrogens with zero attached hydrogens (tertiary/aromatic N) is 4. The average Bonchev–Trinajstić information content (AvgIpc) is 2.47. The molecule has 0 unspecified atom stereocenters. The number of hydrogen-bond acceptors (Lipinski definition) is 8. The second kappa shape index (κ2) is 4.08. The molecule has 10 heteroatoms. The molecule has 2 amide bonds. The Morgan fingerprint density at radius 1 is 1.37 bits per heavy atom. The van der Waals surface area contributed by atoms with Gasteiger partial charge in [-0.1, -0.05) is 0 Å². The van der Waals surface area contributed by atoms with Crippen molar-refractivity contribution in [2.75, 3.05) is 11.4 Å². The number of rotatable bonds is 2. The highest BCUT2D eigenvalue weighted by molar-refractivity contribution is 5.94. The molecule has 2 rings (SSSR count). The lowest BCUT2D eigenvalue weighted by Gasteiger charge is -2.31. The van der Waals surface area contributed by atoms with E-state index in [-0.39, 0.29) is 10.7 Å². The number of amides is 2. The van der Waals surface area contributed by atoms with E-state index in [1.54, 1.807) is 6.92 Å². The second-order valence-electron chi connectivity index (χ2n) is 4.04. The Balaban J connectivity index is 2.39. The maximum atomic E-state index is 11.9. The topological polar surface area (TPSA) is 150 Å². The van der Waals surface area contributed by atoms with Crippen molar-refractivity contribution < 1.29 is 30.3 Å². The predicted molar refractivity (Wildman–Crippen MR) is 57.9 cm³/mol. The maximum Gasteiger partial charge on any atom is 0.377 e. The van der Waals surface area contributed by atoms with Crippen molar-refractivity contribution in [1.82, 2.24) is 14.9 Å². The Hall–Kier alpha value is -1.85. The van der Waals surface area contributed by atoms with Gasteiger partial charge >= 0.3 is 12.1 Å². The van der Waals surface area contributed by atoms with Gasteiger partial charge in [0, 0.05) is 6.20 Å². The third-order valence-corrected chi connectivity index (χ3v) is 2.49. The fraction of sp³-hybridized carbons (Fsp3) is 0.444. The van der Waals surface area contributed by atoms with Crippen LogP contribution in [-0.4, -0.2) is 65.0 Å². The summed E-state index contributed by atoms with van der Waals surface area (Å²) in [5, 5.41) is 46.1. The quantitative estimate of drug-likeness (QED) is 0.364. The first kappa shape index (κ1) is 13.6. The van der Waals surface area contributed by atoms with Gasteiger partial charge in [0.15, 0.2) is 0 Å². The molecular weight excluding hydrogens is 260 g/mol. The molecule has 0 saturated carbocycles. The van der Waals surface area contributed by atoms with Crippen molar-refractivity contribution in [1.29, 1.82) is 0 Å². The summed E-state index contributed by atoms with van der Waals surface area (Å²) in [6.07, 6.45) is -2.37. The van der Waals surface area contributed by atoms with Crippen molar-refractivity contribution in [2.45, 2.75) is 18.9 Å². The van der Waals surface area contributed by atoms with E-state index in [4.69, 9.17) is 15.3 Å². The van der Waals surface area contributed by atoms with Gasteiger partial charge in [0.05, 0.1) is 0 Å². The van der Waals surface area contributed by atoms with E-state index in [9.17, 15) is 15.0 Å². The molecule has 2 heterocycles. The summed E-state index contributed by atoms with van der Waals surface area (Å²) in [5.74, 6) is -2.61. The summed E-state index contributed by atoms with van der Waals surface area (Å²) in [5.41, 5.74) is 0. The van der Waals surface area contributed by atoms with Crippen LogP contribution in [0.2, 0.25) is 0 Å². The summed E-state index contributed by atoms with van der Waals surface area (Å²) in [6, 6.07) is 0.0776. The van der Waals surface area contributed by atoms with Gasteiger partial charge in [-0.2, -0.15) is 4.90 Å². The Kier molecular flexibility index (Phi) is 2.91. The van der Waals surface area contributed by atoms with E-state index in [1.165, 1.54) is 12.3 Å². The van der Waals surface area contributed by atoms with E-state index in [1.807, 2.05) is 0 Å². The molecule has 1 aromatic rings. The third-order valence-electron chi connectivity index (χ3n) is 2.49. The normalized spacial score (nSPS) is 19.2. The number of aromatic nitrogens is 2. The van der Waals surface area contributed by atoms with Gasteiger partial charge in [-0.3, -0.25) is 4.90 Å². The van der Waals surface area contributed by atoms with Gasteiger partial charge < -0.3 is 25.5 Å². The molecule has 0 aromatic carbocycles. The van der Waals surface area contributed by atoms with Gasteiger partial charge in [-0.05, 0) is 13.0 Å². The summed E-state index contributed by atoms with van der Waals surface area (Å²) >= 11 is 0. The lowest BCUT2D eigenvalue weighted by Crippen LogP contribution is -2.60. The van der Waals surface area contributed by atoms with E-state index in [2.05, 4.69) is 9.97 Å². The van der Waals surface area contributed by atoms with Crippen LogP contribution in [-0.2, 0) is 0 Å². The lowest BCUT2D eigenvalue weighted by atomic mass is 10.4. The molecule has 1 aliphatic rings. The van der Waals surface area contributed by atoms with Crippen LogP contribution >= 0.6 is 0 Å². The molecule has 1 aromatic heterocycles. The first-order chi connectivity index (χ1) is 8.63. The minimum Gasteiger partial charge on any atom is -0.347 e. The Bertz CT molecular complexity index is 514. The van der Waals surface area contributed by atoms with Crippen LogP contribution in [0.25, 0.3) is 0 Å². The highest BCUT2D eigenvalue weighted by atomic mass is 16.7. The van der Waals surface area contributed by atoms with Crippen LogP contribution in [0.1, 0.15) is 5.82 Å². The van der Waals surface area contributed by atoms with Crippen molar-refractivity contribution in [3.05, 3.63) is 18.1 Å². The van der Waals surface area contributed by atoms with Gasteiger partial charge in [-0.25, -0.2) is 14.8 Å². The smallest absolute Gasteiger partial charge is 0.347 e. The molecular formula is C9H12N4O6. The molecule has 0 radical (unpaired) electrons. The van der Waals surface area contributed by atoms with Gasteiger partial charge in [0.25, 0.3) is 5.91 Å². The minimum absolute atomic E-state index is 0.0247. The van der Waals surface area contributed by atoms with Gasteiger partial charge in [-0.15, -0.1) is 0 Å². The zero-order valence-electron chi connectivity index (χ0n) is 9.79. The molecule has 0 aliphatic carbocycles. The van der Waals surface area contributed by atoms with E-state index >= 15 is 0 Å². The third kappa shape index (κ3) is 2.34. The number of urea groups is 1. The number of hydrogen-bond donors (Lipinski definition) is 5. The molecule has 19 heavy (non-hydrogen) atoms. The van der Waals surface area contributed by atoms with E-state index in [0.29, 0.717) is 5.82 Å². The van der Waals surface area contributed by atoms with Gasteiger partial charge in [0.2, 0.25) is 0 Å². The lowest BCUT2D eigenvalue weighted by molar-refractivity contribution is -0.433. The number of β-amino-alcohol motifs (C(OH)–C–C–N with tert-alkyl or cyclic N) is 2. The number of aliphatic hydroxyl groups is 5. The van der Waals surface area contributed by atoms with Crippen LogP contribution in [0.15, 0.2) is 12.3 Å². The summed E-state index contributed by atoms with van der Waals surface area (Å²) in [4.78, 5) is 20.0. The standard InChI is InChI=1S/C9H12N4O6/c1-5-10-3-2-6(11-5)12-4-8(15,16)13(7(12)14)9(17,18)19/h2-3,15-19H,4H2,1H3. The molecule has 104 valence electrons. The van der Waals surface area contributed by atoms with Crippen molar-refractivity contribution in [3.63, 3.8) is 0 Å². The Labute approximate surface area is 106 Å². The molecule has 1 aliphatic heterocycles. The van der Waals surface area contributed by atoms with Crippen molar-refractivity contribution in [3.8, 4) is 0 Å². The van der Waals surface area contributed by atoms with Crippen molar-refractivity contribution in [2.24, 2.45) is 0 Å². The highest BCUT2D eigenvalue weighted by Gasteiger charge is 2.57. The van der Waals surface area contributed by atoms with E-state index in [0.717, 1.165) is 4.90 Å². The number of carbonyl (C=O) groups is 1. The van der Waals surface area contributed by atoms with Crippen LogP contribution < -0.4 is 4.90 Å². The second-order valence-corrected chi connectivity index (χ2v) is 4.04. The molecule has 0 atom stereocenters. The van der Waals surface area contributed by atoms with Crippen LogP contribution in [0.4, 0.5) is 10.6 Å². The molecule has 0 spiro atoms. The molecule has 5 N–H and O–H groups in total. The summed E-state index contributed by atoms with van der Waals surface area (Å²) < 4.78 is 0. The fourth-order valence-corrected chi connectivity index (χ4v) is 1.77. The summed E-state index contributed by atoms with van der Waals surface area (Å²) in [6.45, 7) is 0.826. The Morgan fingerprint density at radius 3 is 2.47 bits per heavy atom. The first-order valence-corrected chi connectivity index (χ1v) is 5.16. The van der Waals surface area contributed by atoms with E-state index < -0.39 is 24.6 Å². The van der Waals surface area contributed by atoms with Crippen LogP contribution in [0.5, 0.6) is 0 Å². The number of carbonyl (C=O) groups excluding carboxylic acids is 1. The monoisotopic (exact) mass is 272 g/mol. The van der Waals surface area contributed by atoms with Crippen LogP contribution in [0, 0.1) is 6.92 Å². The molecule has 10 nitrogen and oxygen atoms in total. The summed E-state index contributed by atoms with van der Waals surface area (Å²) in [7, 11) is 0. The van der Waals surface area contributed by atoms with Crippen LogP contribution in [0.3, 0.4) is 0 Å². The SMILES string of the molecule is Cc1nccc(N2CC(O)(O)N(C(O)(O)O)C2=O)n1. The largest absolute Gasteiger partial charge is 0.377 e. The molecule has 1 saturated heterocycles.